The number of benzene rings is 1. The molecule has 0 radical (unpaired) electrons. The van der Waals surface area contributed by atoms with Crippen LogP contribution in [-0.4, -0.2) is 11.3 Å². The van der Waals surface area contributed by atoms with E-state index in [1.807, 2.05) is 0 Å². The molecule has 2 nitrogen and oxygen atoms in total. The fourth-order valence-corrected chi connectivity index (χ4v) is 1.61. The molecular weight excluding hydrogens is 445 g/mol. The zero-order valence-corrected chi connectivity index (χ0v) is 12.7. The average molecular weight is 450 g/mol. The topological polar surface area (TPSA) is 32.9 Å². The number of nitrogens with one attached hydrogen (secondary N) is 1. The number of rotatable bonds is 1. The molecule has 0 amide bonds. The minimum Gasteiger partial charge on any atom is -0.417 e. The molecule has 0 aliphatic rings. The van der Waals surface area contributed by atoms with E-state index in [0.29, 0.717) is 0 Å². The van der Waals surface area contributed by atoms with E-state index < -0.39 is 11.6 Å². The fraction of sp³-hybridized carbons (Fsp3) is 0. The van der Waals surface area contributed by atoms with Gasteiger partial charge in [0.2, 0.25) is 0 Å². The van der Waals surface area contributed by atoms with Crippen LogP contribution in [0, 0.1) is 42.7 Å². The quantitative estimate of drug-likeness (QED) is 0.518. The number of aromatic nitrogens is 1. The van der Waals surface area contributed by atoms with Gasteiger partial charge in [0.15, 0.2) is 0 Å². The molecule has 76 valence electrons. The number of halogens is 2. The molecule has 0 aliphatic heterocycles. The fourth-order valence-electron chi connectivity index (χ4n) is 1.30. The summed E-state index contributed by atoms with van der Waals surface area (Å²) in [6.07, 6.45) is 1.59. The summed E-state index contributed by atoms with van der Waals surface area (Å²) in [4.78, 5) is 12.9. The van der Waals surface area contributed by atoms with Crippen molar-refractivity contribution in [2.24, 2.45) is 0 Å². The second kappa shape index (κ2) is 4.74. The Hall–Kier alpha value is -0.228. The van der Waals surface area contributed by atoms with E-state index in [4.69, 9.17) is 0 Å². The predicted octanol–water partition coefficient (Wildman–Crippen LogP) is 1.40. The molecule has 2 aromatic rings. The van der Waals surface area contributed by atoms with Crippen LogP contribution in [0.3, 0.4) is 0 Å². The molecule has 1 heterocycles. The minimum atomic E-state index is -0.693. The van der Waals surface area contributed by atoms with Gasteiger partial charge in [-0.3, -0.25) is 0 Å². The van der Waals surface area contributed by atoms with Crippen LogP contribution in [-0.2, 0) is 4.79 Å². The summed E-state index contributed by atoms with van der Waals surface area (Å²) >= 11 is 0. The molecule has 1 aromatic heterocycles. The predicted molar refractivity (Wildman–Crippen MR) is 52.4 cm³/mol. The molecule has 0 saturated heterocycles. The van der Waals surface area contributed by atoms with Crippen LogP contribution in [0.5, 0.6) is 0 Å². The summed E-state index contributed by atoms with van der Waals surface area (Å²) in [6, 6.07) is 2.08. The van der Waals surface area contributed by atoms with Crippen molar-refractivity contribution in [3.63, 3.8) is 0 Å². The minimum absolute atomic E-state index is 0. The number of aromatic amines is 1. The third kappa shape index (κ3) is 2.15. The summed E-state index contributed by atoms with van der Waals surface area (Å²) in [5.41, 5.74) is 0.374. The van der Waals surface area contributed by atoms with Gasteiger partial charge in [-0.2, -0.15) is 6.07 Å². The SMILES string of the molecule is O=[C-]c1cc2c(F)cc(F)c(P)c2[nH]1.[U]. The third-order valence-electron chi connectivity index (χ3n) is 1.97. The smallest absolute Gasteiger partial charge is 0.135 e. The largest absolute Gasteiger partial charge is 0.417 e. The molecule has 1 aromatic carbocycles. The molecular formula is C9H5F2NOPU-. The second-order valence-corrected chi connectivity index (χ2v) is 3.40. The van der Waals surface area contributed by atoms with Crippen LogP contribution >= 0.6 is 9.24 Å². The van der Waals surface area contributed by atoms with E-state index in [2.05, 4.69) is 14.2 Å². The van der Waals surface area contributed by atoms with Crippen molar-refractivity contribution in [2.75, 3.05) is 0 Å². The van der Waals surface area contributed by atoms with Crippen LogP contribution < -0.4 is 5.30 Å². The first kappa shape index (κ1) is 12.8. The second-order valence-electron chi connectivity index (χ2n) is 2.83. The standard InChI is InChI=1S/C9H5F2NOP.U/c10-6-2-7(11)9(14)8-5(6)1-4(3-13)12-8;/h1-2,12H,14H2;/q-1;. The van der Waals surface area contributed by atoms with E-state index in [9.17, 15) is 13.6 Å². The van der Waals surface area contributed by atoms with Gasteiger partial charge >= 0.3 is 0 Å². The van der Waals surface area contributed by atoms with Gasteiger partial charge in [0.25, 0.3) is 0 Å². The number of hydrogen-bond acceptors (Lipinski definition) is 1. The summed E-state index contributed by atoms with van der Waals surface area (Å²) in [6.45, 7) is 0. The number of H-pyrrole nitrogens is 1. The molecule has 1 atom stereocenters. The van der Waals surface area contributed by atoms with Crippen LogP contribution in [0.25, 0.3) is 10.9 Å². The number of hydrogen-bond donors (Lipinski definition) is 1. The average Bonchev–Trinajstić information content (AvgIpc) is 2.58. The van der Waals surface area contributed by atoms with E-state index in [0.717, 1.165) is 6.07 Å². The molecule has 1 N–H and O–H groups in total. The van der Waals surface area contributed by atoms with E-state index >= 15 is 0 Å². The monoisotopic (exact) mass is 450 g/mol. The Morgan fingerprint density at radius 3 is 2.53 bits per heavy atom. The van der Waals surface area contributed by atoms with Gasteiger partial charge in [-0.25, -0.2) is 8.78 Å². The zero-order chi connectivity index (χ0) is 10.3. The van der Waals surface area contributed by atoms with Gasteiger partial charge in [0.1, 0.15) is 11.6 Å². The summed E-state index contributed by atoms with van der Waals surface area (Å²) in [7, 11) is 2.16. The molecule has 1 unspecified atom stereocenters. The van der Waals surface area contributed by atoms with E-state index in [1.54, 1.807) is 6.29 Å². The first-order valence-electron chi connectivity index (χ1n) is 3.78. The van der Waals surface area contributed by atoms with Crippen molar-refractivity contribution in [3.05, 3.63) is 29.5 Å². The molecule has 0 bridgehead atoms. The Labute approximate surface area is 110 Å². The van der Waals surface area contributed by atoms with Gasteiger partial charge in [0.05, 0.1) is 0 Å². The summed E-state index contributed by atoms with van der Waals surface area (Å²) in [5, 5.41) is 0.401. The van der Waals surface area contributed by atoms with Crippen LogP contribution in [0.15, 0.2) is 12.1 Å². The Balaban J connectivity index is 0.00000112. The molecule has 0 saturated carbocycles. The van der Waals surface area contributed by atoms with Crippen molar-refractivity contribution in [1.82, 2.24) is 4.98 Å². The van der Waals surface area contributed by atoms with Crippen molar-refractivity contribution >= 4 is 31.7 Å². The first-order chi connectivity index (χ1) is 6.63. The maximum absolute atomic E-state index is 13.2. The van der Waals surface area contributed by atoms with Gasteiger partial charge < -0.3 is 9.78 Å². The Morgan fingerprint density at radius 1 is 1.27 bits per heavy atom. The maximum atomic E-state index is 13.2. The zero-order valence-electron chi connectivity index (χ0n) is 7.40. The Kier molecular flexibility index (Phi) is 4.06. The van der Waals surface area contributed by atoms with Crippen molar-refractivity contribution in [2.45, 2.75) is 0 Å². The number of fused-ring (bicyclic) bond motifs is 1. The molecule has 0 aliphatic carbocycles. The molecule has 15 heavy (non-hydrogen) atoms. The van der Waals surface area contributed by atoms with E-state index in [1.165, 1.54) is 6.07 Å². The van der Waals surface area contributed by atoms with Gasteiger partial charge in [0, 0.05) is 54.3 Å². The Bertz CT molecular complexity index is 526. The van der Waals surface area contributed by atoms with E-state index in [-0.39, 0.29) is 53.0 Å². The molecule has 0 fully saturated rings. The summed E-state index contributed by atoms with van der Waals surface area (Å²) < 4.78 is 26.2. The molecule has 2 rings (SSSR count). The van der Waals surface area contributed by atoms with Crippen molar-refractivity contribution in [1.29, 1.82) is 0 Å². The van der Waals surface area contributed by atoms with Gasteiger partial charge in [-0.1, -0.05) is 5.69 Å². The van der Waals surface area contributed by atoms with Gasteiger partial charge in [-0.15, -0.1) is 9.24 Å². The van der Waals surface area contributed by atoms with Crippen LogP contribution in [0.4, 0.5) is 8.78 Å². The molecule has 0 spiro atoms. The van der Waals surface area contributed by atoms with Crippen molar-refractivity contribution in [3.8, 4) is 0 Å². The van der Waals surface area contributed by atoms with Crippen LogP contribution in [0.1, 0.15) is 5.69 Å². The molecule has 6 heteroatoms. The summed E-state index contributed by atoms with van der Waals surface area (Å²) in [5.74, 6) is -1.36. The normalized spacial score (nSPS) is 10.1. The Morgan fingerprint density at radius 2 is 1.93 bits per heavy atom. The van der Waals surface area contributed by atoms with Crippen LogP contribution in [0.2, 0.25) is 0 Å². The maximum Gasteiger partial charge on any atom is 0.135 e. The first-order valence-corrected chi connectivity index (χ1v) is 4.35. The van der Waals surface area contributed by atoms with Crippen molar-refractivity contribution < 1.29 is 44.7 Å². The third-order valence-corrected chi connectivity index (χ3v) is 2.53. The number of carbonyl (C=O) groups excluding carboxylic acids is 1. The van der Waals surface area contributed by atoms with Gasteiger partial charge in [-0.05, 0) is 5.39 Å².